The maximum absolute atomic E-state index is 12.7. The van der Waals surface area contributed by atoms with Crippen LogP contribution in [-0.4, -0.2) is 20.9 Å². The van der Waals surface area contributed by atoms with Crippen LogP contribution in [0.3, 0.4) is 0 Å². The predicted octanol–water partition coefficient (Wildman–Crippen LogP) is 5.52. The van der Waals surface area contributed by atoms with Crippen molar-refractivity contribution in [1.82, 2.24) is 4.72 Å². The van der Waals surface area contributed by atoms with Gasteiger partial charge in [-0.3, -0.25) is 4.79 Å². The molecule has 0 bridgehead atoms. The molecule has 0 saturated heterocycles. The molecule has 0 spiro atoms. The highest BCUT2D eigenvalue weighted by Crippen LogP contribution is 2.28. The number of anilines is 1. The number of sulfonamides is 1. The van der Waals surface area contributed by atoms with E-state index in [-0.39, 0.29) is 28.2 Å². The number of benzene rings is 3. The topological polar surface area (TPSA) is 84.5 Å². The van der Waals surface area contributed by atoms with E-state index in [1.54, 1.807) is 6.92 Å². The first kappa shape index (κ1) is 24.8. The Hall–Kier alpha value is -2.87. The van der Waals surface area contributed by atoms with Crippen LogP contribution in [-0.2, 0) is 14.8 Å². The summed E-state index contributed by atoms with van der Waals surface area (Å²) in [7, 11) is -3.80. The lowest BCUT2D eigenvalue weighted by Crippen LogP contribution is -2.27. The highest BCUT2D eigenvalue weighted by Gasteiger charge is 2.20. The quantitative estimate of drug-likeness (QED) is 0.417. The van der Waals surface area contributed by atoms with Gasteiger partial charge in [-0.25, -0.2) is 13.1 Å². The molecule has 0 unspecified atom stereocenters. The fourth-order valence-corrected chi connectivity index (χ4v) is 4.73. The SMILES string of the molecule is CC(C)c1ccc(NC(=O)COc2ccc(S(=O)(=O)N[C@H](C)c3ccccc3)cc2Cl)cc1. The summed E-state index contributed by atoms with van der Waals surface area (Å²) >= 11 is 6.23. The second kappa shape index (κ2) is 10.8. The second-order valence-electron chi connectivity index (χ2n) is 7.96. The number of ether oxygens (including phenoxy) is 1. The van der Waals surface area contributed by atoms with Gasteiger partial charge < -0.3 is 10.1 Å². The van der Waals surface area contributed by atoms with Gasteiger partial charge in [0.1, 0.15) is 5.75 Å². The zero-order chi connectivity index (χ0) is 24.0. The zero-order valence-corrected chi connectivity index (χ0v) is 20.3. The van der Waals surface area contributed by atoms with E-state index >= 15 is 0 Å². The Morgan fingerprint density at radius 3 is 2.21 bits per heavy atom. The molecule has 0 aromatic heterocycles. The molecule has 2 N–H and O–H groups in total. The van der Waals surface area contributed by atoms with Gasteiger partial charge in [0.05, 0.1) is 9.92 Å². The number of carbonyl (C=O) groups excluding carboxylic acids is 1. The predicted molar refractivity (Wildman–Crippen MR) is 131 cm³/mol. The van der Waals surface area contributed by atoms with Crippen molar-refractivity contribution >= 4 is 33.2 Å². The van der Waals surface area contributed by atoms with Crippen LogP contribution in [0, 0.1) is 0 Å². The number of hydrogen-bond donors (Lipinski definition) is 2. The summed E-state index contributed by atoms with van der Waals surface area (Å²) in [5.41, 5.74) is 2.69. The molecule has 8 heteroatoms. The van der Waals surface area contributed by atoms with Crippen molar-refractivity contribution in [2.24, 2.45) is 0 Å². The summed E-state index contributed by atoms with van der Waals surface area (Å²) < 4.78 is 33.6. The maximum atomic E-state index is 12.7. The van der Waals surface area contributed by atoms with Crippen molar-refractivity contribution in [3.05, 3.63) is 88.9 Å². The first-order chi connectivity index (χ1) is 15.7. The minimum Gasteiger partial charge on any atom is -0.482 e. The Kier molecular flexibility index (Phi) is 8.13. The minimum atomic E-state index is -3.80. The van der Waals surface area contributed by atoms with Gasteiger partial charge in [0.25, 0.3) is 5.91 Å². The normalized spacial score (nSPS) is 12.4. The van der Waals surface area contributed by atoms with Crippen LogP contribution in [0.25, 0.3) is 0 Å². The molecular formula is C25H27ClN2O4S. The molecule has 0 saturated carbocycles. The van der Waals surface area contributed by atoms with Gasteiger partial charge in [0.15, 0.2) is 6.61 Å². The molecule has 0 heterocycles. The van der Waals surface area contributed by atoms with Gasteiger partial charge in [-0.2, -0.15) is 0 Å². The van der Waals surface area contributed by atoms with Gasteiger partial charge >= 0.3 is 0 Å². The molecule has 1 atom stereocenters. The lowest BCUT2D eigenvalue weighted by atomic mass is 10.0. The molecule has 0 aliphatic heterocycles. The number of nitrogens with one attached hydrogen (secondary N) is 2. The molecule has 0 aliphatic rings. The van der Waals surface area contributed by atoms with Crippen LogP contribution >= 0.6 is 11.6 Å². The highest BCUT2D eigenvalue weighted by atomic mass is 35.5. The first-order valence-corrected chi connectivity index (χ1v) is 12.4. The van der Waals surface area contributed by atoms with E-state index in [0.29, 0.717) is 11.6 Å². The van der Waals surface area contributed by atoms with Gasteiger partial charge in [0, 0.05) is 11.7 Å². The van der Waals surface area contributed by atoms with Gasteiger partial charge in [-0.1, -0.05) is 67.9 Å². The van der Waals surface area contributed by atoms with Crippen LogP contribution in [0.15, 0.2) is 77.7 Å². The van der Waals surface area contributed by atoms with E-state index in [9.17, 15) is 13.2 Å². The summed E-state index contributed by atoms with van der Waals surface area (Å²) in [5, 5.41) is 2.85. The maximum Gasteiger partial charge on any atom is 0.262 e. The third-order valence-corrected chi connectivity index (χ3v) is 6.90. The third-order valence-electron chi connectivity index (χ3n) is 5.07. The van der Waals surface area contributed by atoms with Crippen molar-refractivity contribution < 1.29 is 17.9 Å². The fraction of sp³-hybridized carbons (Fsp3) is 0.240. The van der Waals surface area contributed by atoms with Gasteiger partial charge in [-0.15, -0.1) is 0 Å². The Morgan fingerprint density at radius 2 is 1.61 bits per heavy atom. The molecular weight excluding hydrogens is 460 g/mol. The van der Waals surface area contributed by atoms with Crippen LogP contribution in [0.4, 0.5) is 5.69 Å². The summed E-state index contributed by atoms with van der Waals surface area (Å²) in [6.45, 7) is 5.70. The smallest absolute Gasteiger partial charge is 0.262 e. The van der Waals surface area contributed by atoms with Crippen molar-refractivity contribution in [3.8, 4) is 5.75 Å². The monoisotopic (exact) mass is 486 g/mol. The fourth-order valence-electron chi connectivity index (χ4n) is 3.17. The van der Waals surface area contributed by atoms with Crippen molar-refractivity contribution in [3.63, 3.8) is 0 Å². The summed E-state index contributed by atoms with van der Waals surface area (Å²) in [4.78, 5) is 12.2. The van der Waals surface area contributed by atoms with Crippen LogP contribution in [0.2, 0.25) is 5.02 Å². The van der Waals surface area contributed by atoms with E-state index < -0.39 is 16.1 Å². The average molecular weight is 487 g/mol. The standard InChI is InChI=1S/C25H27ClN2O4S/c1-17(2)19-9-11-21(12-10-19)27-25(29)16-32-24-14-13-22(15-23(24)26)33(30,31)28-18(3)20-7-5-4-6-8-20/h4-15,17-18,28H,16H2,1-3H3,(H,27,29)/t18-/m1/s1. The van der Waals surface area contributed by atoms with Crippen molar-refractivity contribution in [2.75, 3.05) is 11.9 Å². The summed E-state index contributed by atoms with van der Waals surface area (Å²) in [6.07, 6.45) is 0. The average Bonchev–Trinajstić information content (AvgIpc) is 2.79. The molecule has 3 aromatic rings. The Balaban J connectivity index is 1.60. The number of rotatable bonds is 9. The van der Waals surface area contributed by atoms with Crippen LogP contribution in [0.5, 0.6) is 5.75 Å². The van der Waals surface area contributed by atoms with Crippen molar-refractivity contribution in [1.29, 1.82) is 0 Å². The van der Waals surface area contributed by atoms with E-state index in [1.165, 1.54) is 23.8 Å². The largest absolute Gasteiger partial charge is 0.482 e. The molecule has 0 aliphatic carbocycles. The van der Waals surface area contributed by atoms with Gasteiger partial charge in [0.2, 0.25) is 10.0 Å². The Bertz CT molecular complexity index is 1200. The Morgan fingerprint density at radius 1 is 0.939 bits per heavy atom. The second-order valence-corrected chi connectivity index (χ2v) is 10.1. The molecule has 0 radical (unpaired) electrons. The van der Waals surface area contributed by atoms with E-state index in [4.69, 9.17) is 16.3 Å². The van der Waals surface area contributed by atoms with Crippen LogP contribution in [0.1, 0.15) is 43.9 Å². The summed E-state index contributed by atoms with van der Waals surface area (Å²) in [6, 6.07) is 20.6. The van der Waals surface area contributed by atoms with Crippen LogP contribution < -0.4 is 14.8 Å². The van der Waals surface area contributed by atoms with E-state index in [0.717, 1.165) is 5.56 Å². The molecule has 1 amide bonds. The molecule has 6 nitrogen and oxygen atoms in total. The minimum absolute atomic E-state index is 0.0114. The molecule has 3 aromatic carbocycles. The molecule has 3 rings (SSSR count). The first-order valence-electron chi connectivity index (χ1n) is 10.5. The zero-order valence-electron chi connectivity index (χ0n) is 18.7. The summed E-state index contributed by atoms with van der Waals surface area (Å²) in [5.74, 6) is 0.277. The third kappa shape index (κ3) is 6.81. The number of hydrogen-bond acceptors (Lipinski definition) is 4. The van der Waals surface area contributed by atoms with E-state index in [2.05, 4.69) is 23.9 Å². The van der Waals surface area contributed by atoms with Gasteiger partial charge in [-0.05, 0) is 54.3 Å². The highest BCUT2D eigenvalue weighted by molar-refractivity contribution is 7.89. The van der Waals surface area contributed by atoms with E-state index in [1.807, 2.05) is 54.6 Å². The number of halogens is 1. The molecule has 33 heavy (non-hydrogen) atoms. The van der Waals surface area contributed by atoms with Crippen molar-refractivity contribution in [2.45, 2.75) is 37.6 Å². The Labute approximate surface area is 200 Å². The lowest BCUT2D eigenvalue weighted by molar-refractivity contribution is -0.118. The molecule has 0 fully saturated rings. The lowest BCUT2D eigenvalue weighted by Gasteiger charge is -2.15. The number of amides is 1. The number of carbonyl (C=O) groups is 1. The molecule has 174 valence electrons.